The first kappa shape index (κ1) is 20.1. The van der Waals surface area contributed by atoms with Gasteiger partial charge in [-0.25, -0.2) is 14.3 Å². The van der Waals surface area contributed by atoms with Gasteiger partial charge in [0.25, 0.3) is 5.56 Å². The minimum Gasteiger partial charge on any atom is -0.477 e. The van der Waals surface area contributed by atoms with E-state index in [0.717, 1.165) is 37.0 Å². The molecule has 2 aromatic carbocycles. The largest absolute Gasteiger partial charge is 0.477 e. The summed E-state index contributed by atoms with van der Waals surface area (Å²) in [5, 5.41) is 12.0. The molecule has 4 aromatic rings. The predicted molar refractivity (Wildman–Crippen MR) is 121 cm³/mol. The molecule has 2 N–H and O–H groups in total. The Morgan fingerprint density at radius 3 is 2.38 bits per heavy atom. The maximum Gasteiger partial charge on any atom is 0.353 e. The van der Waals surface area contributed by atoms with Gasteiger partial charge in [-0.1, -0.05) is 37.5 Å². The lowest BCUT2D eigenvalue weighted by Gasteiger charge is -2.23. The van der Waals surface area contributed by atoms with Crippen molar-refractivity contribution in [1.82, 2.24) is 14.6 Å². The van der Waals surface area contributed by atoms with Gasteiger partial charge in [0.1, 0.15) is 17.2 Å². The van der Waals surface area contributed by atoms with Gasteiger partial charge in [-0.2, -0.15) is 0 Å². The van der Waals surface area contributed by atoms with Crippen LogP contribution in [0.15, 0.2) is 65.5 Å². The lowest BCUT2D eigenvalue weighted by atomic mass is 9.83. The topological polar surface area (TPSA) is 96.7 Å². The van der Waals surface area contributed by atoms with Crippen LogP contribution in [0.3, 0.4) is 0 Å². The van der Waals surface area contributed by atoms with E-state index in [2.05, 4.69) is 5.10 Å². The summed E-state index contributed by atoms with van der Waals surface area (Å²) < 4.78 is 7.14. The minimum atomic E-state index is -1.13. The highest BCUT2D eigenvalue weighted by Gasteiger charge is 2.26. The predicted octanol–water partition coefficient (Wildman–Crippen LogP) is 5.23. The molecule has 0 saturated heterocycles. The summed E-state index contributed by atoms with van der Waals surface area (Å²) in [6.07, 6.45) is 5.16. The van der Waals surface area contributed by atoms with E-state index in [-0.39, 0.29) is 17.2 Å². The summed E-state index contributed by atoms with van der Waals surface area (Å²) in [5.41, 5.74) is 2.08. The number of aromatic carboxylic acids is 1. The number of carboxylic acid groups (broad SMARTS) is 1. The first-order valence-corrected chi connectivity index (χ1v) is 10.8. The van der Waals surface area contributed by atoms with Crippen LogP contribution in [-0.2, 0) is 0 Å². The Hall–Kier alpha value is -3.87. The Bertz CT molecular complexity index is 1320. The Balaban J connectivity index is 1.59. The second kappa shape index (κ2) is 8.34. The molecular formula is C25H23N3O4. The van der Waals surface area contributed by atoms with Crippen molar-refractivity contribution in [2.45, 2.75) is 38.0 Å². The molecule has 32 heavy (non-hydrogen) atoms. The van der Waals surface area contributed by atoms with E-state index >= 15 is 0 Å². The van der Waals surface area contributed by atoms with E-state index < -0.39 is 5.97 Å². The molecule has 0 spiro atoms. The fourth-order valence-corrected chi connectivity index (χ4v) is 4.43. The molecule has 0 amide bonds. The molecule has 0 atom stereocenters. The molecule has 2 heterocycles. The zero-order chi connectivity index (χ0) is 22.1. The molecule has 1 saturated carbocycles. The molecule has 7 nitrogen and oxygen atoms in total. The molecular weight excluding hydrogens is 406 g/mol. The first-order valence-electron chi connectivity index (χ1n) is 10.8. The Morgan fingerprint density at radius 2 is 1.69 bits per heavy atom. The van der Waals surface area contributed by atoms with Crippen molar-refractivity contribution < 1.29 is 14.6 Å². The smallest absolute Gasteiger partial charge is 0.353 e. The van der Waals surface area contributed by atoms with Gasteiger partial charge in [-0.05, 0) is 55.2 Å². The van der Waals surface area contributed by atoms with E-state index in [0.29, 0.717) is 22.7 Å². The second-order valence-corrected chi connectivity index (χ2v) is 8.12. The van der Waals surface area contributed by atoms with Crippen molar-refractivity contribution in [3.8, 4) is 22.8 Å². The van der Waals surface area contributed by atoms with Gasteiger partial charge in [0.05, 0.1) is 5.69 Å². The lowest BCUT2D eigenvalue weighted by molar-refractivity contribution is 0.0690. The quantitative estimate of drug-likeness (QED) is 0.453. The van der Waals surface area contributed by atoms with Crippen molar-refractivity contribution in [3.05, 3.63) is 82.3 Å². The molecule has 0 bridgehead atoms. The number of ether oxygens (including phenoxy) is 1. The second-order valence-electron chi connectivity index (χ2n) is 8.12. The number of aromatic nitrogens is 3. The molecule has 0 radical (unpaired) electrons. The van der Waals surface area contributed by atoms with Gasteiger partial charge >= 0.3 is 5.97 Å². The lowest BCUT2D eigenvalue weighted by Crippen LogP contribution is -2.25. The van der Waals surface area contributed by atoms with Crippen molar-refractivity contribution >= 4 is 11.6 Å². The summed E-state index contributed by atoms with van der Waals surface area (Å²) in [6, 6.07) is 18.4. The van der Waals surface area contributed by atoms with Crippen LogP contribution in [0.4, 0.5) is 0 Å². The SMILES string of the molecule is O=C(O)c1cc2nc(-c3ccc(Oc4ccccc4)cc3)c(C3CCCCC3)c(=O)n2[nH]1. The van der Waals surface area contributed by atoms with E-state index in [1.165, 1.54) is 17.0 Å². The Morgan fingerprint density at radius 1 is 1.00 bits per heavy atom. The number of rotatable bonds is 5. The zero-order valence-corrected chi connectivity index (χ0v) is 17.5. The zero-order valence-electron chi connectivity index (χ0n) is 17.5. The van der Waals surface area contributed by atoms with Crippen LogP contribution in [0.1, 0.15) is 54.1 Å². The van der Waals surface area contributed by atoms with Crippen LogP contribution >= 0.6 is 0 Å². The number of para-hydroxylation sites is 1. The van der Waals surface area contributed by atoms with Crippen LogP contribution in [0, 0.1) is 0 Å². The van der Waals surface area contributed by atoms with Crippen LogP contribution in [-0.4, -0.2) is 25.7 Å². The van der Waals surface area contributed by atoms with E-state index in [1.807, 2.05) is 54.6 Å². The summed E-state index contributed by atoms with van der Waals surface area (Å²) in [5.74, 6) is 0.409. The van der Waals surface area contributed by atoms with Crippen molar-refractivity contribution in [3.63, 3.8) is 0 Å². The third kappa shape index (κ3) is 3.77. The van der Waals surface area contributed by atoms with Gasteiger partial charge in [0.15, 0.2) is 5.65 Å². The van der Waals surface area contributed by atoms with Crippen LogP contribution in [0.25, 0.3) is 16.9 Å². The molecule has 162 valence electrons. The van der Waals surface area contributed by atoms with Crippen molar-refractivity contribution in [1.29, 1.82) is 0 Å². The van der Waals surface area contributed by atoms with Gasteiger partial charge in [0.2, 0.25) is 0 Å². The fraction of sp³-hybridized carbons (Fsp3) is 0.240. The number of carboxylic acids is 1. The summed E-state index contributed by atoms with van der Waals surface area (Å²) in [7, 11) is 0. The normalized spacial score (nSPS) is 14.5. The average Bonchev–Trinajstić information content (AvgIpc) is 3.26. The highest BCUT2D eigenvalue weighted by molar-refractivity contribution is 5.86. The number of benzene rings is 2. The van der Waals surface area contributed by atoms with Crippen LogP contribution in [0.5, 0.6) is 11.5 Å². The third-order valence-electron chi connectivity index (χ3n) is 6.00. The van der Waals surface area contributed by atoms with Crippen molar-refractivity contribution in [2.24, 2.45) is 0 Å². The molecule has 2 aromatic heterocycles. The first-order chi connectivity index (χ1) is 15.6. The maximum atomic E-state index is 13.4. The van der Waals surface area contributed by atoms with Crippen LogP contribution < -0.4 is 10.3 Å². The molecule has 1 aliphatic rings. The highest BCUT2D eigenvalue weighted by Crippen LogP contribution is 2.36. The standard InChI is InChI=1S/C25H23N3O4/c29-24-22(16-7-3-1-4-8-16)23(26-21-15-20(25(30)31)27-28(21)24)17-11-13-19(14-12-17)32-18-9-5-2-6-10-18/h2,5-6,9-16,27H,1,3-4,7-8H2,(H,30,31). The minimum absolute atomic E-state index is 0.0621. The Labute approximate surface area is 184 Å². The summed E-state index contributed by atoms with van der Waals surface area (Å²) in [6.45, 7) is 0. The number of carbonyl (C=O) groups is 1. The van der Waals surface area contributed by atoms with Crippen molar-refractivity contribution in [2.75, 3.05) is 0 Å². The Kier molecular flexibility index (Phi) is 5.23. The molecule has 0 unspecified atom stereocenters. The number of fused-ring (bicyclic) bond motifs is 1. The summed E-state index contributed by atoms with van der Waals surface area (Å²) >= 11 is 0. The monoisotopic (exact) mass is 429 g/mol. The summed E-state index contributed by atoms with van der Waals surface area (Å²) in [4.78, 5) is 29.6. The van der Waals surface area contributed by atoms with E-state index in [9.17, 15) is 14.7 Å². The number of hydrogen-bond acceptors (Lipinski definition) is 4. The highest BCUT2D eigenvalue weighted by atomic mass is 16.5. The van der Waals surface area contributed by atoms with E-state index in [1.54, 1.807) is 0 Å². The van der Waals surface area contributed by atoms with Gasteiger partial charge in [-0.15, -0.1) is 0 Å². The number of hydrogen-bond donors (Lipinski definition) is 2. The maximum absolute atomic E-state index is 13.4. The van der Waals surface area contributed by atoms with Gasteiger partial charge in [-0.3, -0.25) is 9.89 Å². The molecule has 7 heteroatoms. The fourth-order valence-electron chi connectivity index (χ4n) is 4.43. The van der Waals surface area contributed by atoms with Gasteiger partial charge < -0.3 is 9.84 Å². The molecule has 1 fully saturated rings. The number of nitrogens with one attached hydrogen (secondary N) is 1. The van der Waals surface area contributed by atoms with E-state index in [4.69, 9.17) is 9.72 Å². The van der Waals surface area contributed by atoms with Crippen LogP contribution in [0.2, 0.25) is 0 Å². The third-order valence-corrected chi connectivity index (χ3v) is 6.00. The number of nitrogens with zero attached hydrogens (tertiary/aromatic N) is 2. The molecule has 5 rings (SSSR count). The number of H-pyrrole nitrogens is 1. The average molecular weight is 429 g/mol. The molecule has 0 aliphatic heterocycles. The number of aromatic amines is 1. The molecule has 1 aliphatic carbocycles. The van der Waals surface area contributed by atoms with Gasteiger partial charge in [0, 0.05) is 17.2 Å².